The van der Waals surface area contributed by atoms with Gasteiger partial charge in [-0.15, -0.1) is 11.3 Å². The first-order chi connectivity index (χ1) is 19.4. The Balaban J connectivity index is 1.20. The molecule has 0 aliphatic rings. The zero-order valence-electron chi connectivity index (χ0n) is 20.6. The van der Waals surface area contributed by atoms with E-state index in [1.54, 1.807) is 91.0 Å². The SMILES string of the molecule is O=C(N/N=C\c1ccccc1OC(=O)c1ccccc1)c1ccc(NC(=O)c2sc3cc(Cl)ccc3c2Cl)cc1. The number of hydrogen-bond donors (Lipinski definition) is 2. The van der Waals surface area contributed by atoms with Crippen LogP contribution in [0.25, 0.3) is 10.1 Å². The van der Waals surface area contributed by atoms with E-state index in [2.05, 4.69) is 15.8 Å². The summed E-state index contributed by atoms with van der Waals surface area (Å²) in [6.45, 7) is 0. The fourth-order valence-corrected chi connectivity index (χ4v) is 5.40. The number of esters is 1. The van der Waals surface area contributed by atoms with Gasteiger partial charge >= 0.3 is 5.97 Å². The molecule has 10 heteroatoms. The van der Waals surface area contributed by atoms with Crippen LogP contribution in [0, 0.1) is 0 Å². The van der Waals surface area contributed by atoms with Crippen molar-refractivity contribution in [3.63, 3.8) is 0 Å². The number of ether oxygens (including phenoxy) is 1. The van der Waals surface area contributed by atoms with Crippen LogP contribution in [-0.2, 0) is 0 Å². The number of nitrogens with one attached hydrogen (secondary N) is 2. The van der Waals surface area contributed by atoms with E-state index in [4.69, 9.17) is 27.9 Å². The zero-order valence-corrected chi connectivity index (χ0v) is 22.9. The molecule has 2 N–H and O–H groups in total. The van der Waals surface area contributed by atoms with Crippen LogP contribution in [0.5, 0.6) is 5.75 Å². The van der Waals surface area contributed by atoms with Crippen molar-refractivity contribution in [1.29, 1.82) is 0 Å². The third-order valence-corrected chi connectivity index (χ3v) is 7.59. The van der Waals surface area contributed by atoms with Gasteiger partial charge < -0.3 is 10.1 Å². The Morgan fingerprint density at radius 3 is 2.30 bits per heavy atom. The number of carbonyl (C=O) groups is 3. The topological polar surface area (TPSA) is 96.9 Å². The van der Waals surface area contributed by atoms with Gasteiger partial charge in [-0.05, 0) is 60.7 Å². The molecule has 0 atom stereocenters. The fraction of sp³-hybridized carbons (Fsp3) is 0. The highest BCUT2D eigenvalue weighted by molar-refractivity contribution is 7.21. The first-order valence-electron chi connectivity index (χ1n) is 11.9. The predicted molar refractivity (Wildman–Crippen MR) is 159 cm³/mol. The lowest BCUT2D eigenvalue weighted by atomic mass is 10.2. The van der Waals surface area contributed by atoms with Crippen molar-refractivity contribution in [2.24, 2.45) is 5.10 Å². The molecule has 0 radical (unpaired) electrons. The number of benzene rings is 4. The van der Waals surface area contributed by atoms with E-state index in [9.17, 15) is 14.4 Å². The Labute approximate surface area is 243 Å². The van der Waals surface area contributed by atoms with Gasteiger partial charge in [0, 0.05) is 31.9 Å². The molecule has 5 rings (SSSR count). The molecule has 0 unspecified atom stereocenters. The van der Waals surface area contributed by atoms with E-state index < -0.39 is 11.9 Å². The third-order valence-electron chi connectivity index (χ3n) is 5.70. The molecule has 0 saturated heterocycles. The van der Waals surface area contributed by atoms with Gasteiger partial charge in [-0.25, -0.2) is 10.2 Å². The van der Waals surface area contributed by atoms with Crippen molar-refractivity contribution in [2.75, 3.05) is 5.32 Å². The van der Waals surface area contributed by atoms with Crippen LogP contribution in [0.2, 0.25) is 10.0 Å². The lowest BCUT2D eigenvalue weighted by molar-refractivity contribution is 0.0734. The van der Waals surface area contributed by atoms with Crippen LogP contribution in [0.1, 0.15) is 36.0 Å². The molecule has 1 heterocycles. The van der Waals surface area contributed by atoms with Crippen LogP contribution in [0.4, 0.5) is 5.69 Å². The maximum atomic E-state index is 12.8. The standard InChI is InChI=1S/C30H19Cl2N3O4S/c31-21-12-15-23-25(16-21)40-27(26(23)32)29(37)34-22-13-10-18(11-14-22)28(36)35-33-17-20-8-4-5-9-24(20)39-30(38)19-6-2-1-3-7-19/h1-17H,(H,34,37)(H,35,36)/b33-17-. The largest absolute Gasteiger partial charge is 0.422 e. The molecule has 0 bridgehead atoms. The number of carbonyl (C=O) groups excluding carboxylic acids is 3. The summed E-state index contributed by atoms with van der Waals surface area (Å²) in [7, 11) is 0. The van der Waals surface area contributed by atoms with E-state index in [0.29, 0.717) is 43.0 Å². The number of fused-ring (bicyclic) bond motifs is 1. The summed E-state index contributed by atoms with van der Waals surface area (Å²) in [4.78, 5) is 38.2. The molecular weight excluding hydrogens is 569 g/mol. The summed E-state index contributed by atoms with van der Waals surface area (Å²) in [5, 5.41) is 8.47. The minimum Gasteiger partial charge on any atom is -0.422 e. The summed E-state index contributed by atoms with van der Waals surface area (Å²) in [5.74, 6) is -1.03. The molecule has 0 fully saturated rings. The number of halogens is 2. The second-order valence-electron chi connectivity index (χ2n) is 8.41. The molecule has 0 saturated carbocycles. The first kappa shape index (κ1) is 27.1. The van der Waals surface area contributed by atoms with E-state index in [-0.39, 0.29) is 5.91 Å². The molecule has 4 aromatic carbocycles. The van der Waals surface area contributed by atoms with Gasteiger partial charge in [0.2, 0.25) is 0 Å². The maximum absolute atomic E-state index is 12.8. The zero-order chi connectivity index (χ0) is 28.1. The monoisotopic (exact) mass is 587 g/mol. The summed E-state index contributed by atoms with van der Waals surface area (Å²) in [6.07, 6.45) is 1.39. The summed E-state index contributed by atoms with van der Waals surface area (Å²) in [5.41, 5.74) is 4.19. The Morgan fingerprint density at radius 1 is 0.800 bits per heavy atom. The minimum atomic E-state index is -0.503. The van der Waals surface area contributed by atoms with Crippen molar-refractivity contribution in [3.8, 4) is 5.75 Å². The van der Waals surface area contributed by atoms with Crippen LogP contribution in [0.15, 0.2) is 102 Å². The average Bonchev–Trinajstić information content (AvgIpc) is 3.30. The second-order valence-corrected chi connectivity index (χ2v) is 10.3. The highest BCUT2D eigenvalue weighted by Crippen LogP contribution is 2.37. The van der Waals surface area contributed by atoms with Crippen LogP contribution in [-0.4, -0.2) is 24.0 Å². The number of amides is 2. The van der Waals surface area contributed by atoms with Crippen molar-refractivity contribution in [2.45, 2.75) is 0 Å². The molecule has 0 aliphatic heterocycles. The van der Waals surface area contributed by atoms with Gasteiger partial charge in [0.05, 0.1) is 16.8 Å². The number of para-hydroxylation sites is 1. The van der Waals surface area contributed by atoms with E-state index in [0.717, 1.165) is 10.1 Å². The number of rotatable bonds is 7. The number of hydrazone groups is 1. The van der Waals surface area contributed by atoms with E-state index in [1.807, 2.05) is 6.07 Å². The van der Waals surface area contributed by atoms with Gasteiger partial charge in [-0.3, -0.25) is 9.59 Å². The van der Waals surface area contributed by atoms with E-state index in [1.165, 1.54) is 17.6 Å². The van der Waals surface area contributed by atoms with Gasteiger partial charge in [0.1, 0.15) is 10.6 Å². The maximum Gasteiger partial charge on any atom is 0.343 e. The van der Waals surface area contributed by atoms with Crippen LogP contribution >= 0.6 is 34.5 Å². The molecule has 7 nitrogen and oxygen atoms in total. The number of thiophene rings is 1. The van der Waals surface area contributed by atoms with Gasteiger partial charge in [0.25, 0.3) is 11.8 Å². The highest BCUT2D eigenvalue weighted by atomic mass is 35.5. The lowest BCUT2D eigenvalue weighted by Crippen LogP contribution is -2.18. The quantitative estimate of drug-likeness (QED) is 0.0894. The van der Waals surface area contributed by atoms with Crippen molar-refractivity contribution in [1.82, 2.24) is 5.43 Å². The molecule has 198 valence electrons. The first-order valence-corrected chi connectivity index (χ1v) is 13.4. The molecule has 40 heavy (non-hydrogen) atoms. The Kier molecular flexibility index (Phi) is 8.21. The highest BCUT2D eigenvalue weighted by Gasteiger charge is 2.18. The molecule has 2 amide bonds. The Hall–Kier alpha value is -4.50. The predicted octanol–water partition coefficient (Wildman–Crippen LogP) is 7.44. The second kappa shape index (κ2) is 12.1. The van der Waals surface area contributed by atoms with E-state index >= 15 is 0 Å². The molecule has 1 aromatic heterocycles. The normalized spacial score (nSPS) is 10.9. The summed E-state index contributed by atoms with van der Waals surface area (Å²) >= 11 is 13.7. The van der Waals surface area contributed by atoms with Gasteiger partial charge in [0.15, 0.2) is 0 Å². The molecule has 0 aliphatic carbocycles. The molecule has 5 aromatic rings. The lowest BCUT2D eigenvalue weighted by Gasteiger charge is -2.07. The van der Waals surface area contributed by atoms with Crippen LogP contribution in [0.3, 0.4) is 0 Å². The smallest absolute Gasteiger partial charge is 0.343 e. The fourth-order valence-electron chi connectivity index (χ4n) is 3.72. The van der Waals surface area contributed by atoms with Gasteiger partial charge in [-0.2, -0.15) is 5.10 Å². The number of anilines is 1. The molecule has 0 spiro atoms. The summed E-state index contributed by atoms with van der Waals surface area (Å²) in [6, 6.07) is 27.0. The average molecular weight is 588 g/mol. The Bertz CT molecular complexity index is 1750. The Morgan fingerprint density at radius 2 is 1.52 bits per heavy atom. The third kappa shape index (κ3) is 6.21. The van der Waals surface area contributed by atoms with Crippen molar-refractivity contribution in [3.05, 3.63) is 129 Å². The minimum absolute atomic E-state index is 0.302. The molecular formula is C30H19Cl2N3O4S. The van der Waals surface area contributed by atoms with Gasteiger partial charge in [-0.1, -0.05) is 59.6 Å². The number of hydrogen-bond acceptors (Lipinski definition) is 6. The van der Waals surface area contributed by atoms with Crippen molar-refractivity contribution >= 4 is 74.3 Å². The van der Waals surface area contributed by atoms with Crippen LogP contribution < -0.4 is 15.5 Å². The van der Waals surface area contributed by atoms with Crippen molar-refractivity contribution < 1.29 is 19.1 Å². The summed E-state index contributed by atoms with van der Waals surface area (Å²) < 4.78 is 6.30. The number of nitrogens with zero attached hydrogens (tertiary/aromatic N) is 1.